The van der Waals surface area contributed by atoms with E-state index < -0.39 is 0 Å². The van der Waals surface area contributed by atoms with Gasteiger partial charge in [-0.05, 0) is 122 Å². The smallest absolute Gasteiger partial charge is 0.302 e. The molecule has 0 spiro atoms. The van der Waals surface area contributed by atoms with Crippen LogP contribution in [0.15, 0.2) is 12.2 Å². The van der Waals surface area contributed by atoms with Crippen LogP contribution in [0.1, 0.15) is 113 Å². The highest BCUT2D eigenvalue weighted by atomic mass is 16.5. The highest BCUT2D eigenvalue weighted by Crippen LogP contribution is 2.77. The van der Waals surface area contributed by atoms with Gasteiger partial charge in [0, 0.05) is 12.3 Å². The molecule has 3 heteroatoms. The second-order valence-corrected chi connectivity index (χ2v) is 15.2. The van der Waals surface area contributed by atoms with Crippen LogP contribution in [-0.4, -0.2) is 23.8 Å². The monoisotopic (exact) mass is 484 g/mol. The zero-order valence-corrected chi connectivity index (χ0v) is 23.7. The fourth-order valence-electron chi connectivity index (χ4n) is 11.8. The van der Waals surface area contributed by atoms with Gasteiger partial charge in [-0.25, -0.2) is 0 Å². The first kappa shape index (κ1) is 25.8. The number of hydrogen-bond acceptors (Lipinski definition) is 3. The number of ether oxygens (including phenoxy) is 1. The van der Waals surface area contributed by atoms with Crippen molar-refractivity contribution in [1.29, 1.82) is 0 Å². The Balaban J connectivity index is 1.53. The quantitative estimate of drug-likeness (QED) is 0.332. The molecule has 5 rings (SSSR count). The number of aliphatic hydroxyl groups is 1. The summed E-state index contributed by atoms with van der Waals surface area (Å²) in [7, 11) is 0. The lowest BCUT2D eigenvalue weighted by molar-refractivity contribution is -0.249. The summed E-state index contributed by atoms with van der Waals surface area (Å²) in [6.45, 7) is 21.5. The van der Waals surface area contributed by atoms with Gasteiger partial charge in [-0.15, -0.1) is 0 Å². The zero-order chi connectivity index (χ0) is 25.6. The predicted molar refractivity (Wildman–Crippen MR) is 142 cm³/mol. The number of esters is 1. The van der Waals surface area contributed by atoms with Crippen molar-refractivity contribution in [2.24, 2.45) is 56.7 Å². The van der Waals surface area contributed by atoms with Crippen LogP contribution in [-0.2, 0) is 9.53 Å². The maximum atomic E-state index is 11.9. The predicted octanol–water partition coefficient (Wildman–Crippen LogP) is 7.57. The highest BCUT2D eigenvalue weighted by molar-refractivity contribution is 5.65. The molecule has 0 heterocycles. The van der Waals surface area contributed by atoms with E-state index in [1.807, 2.05) is 0 Å². The Morgan fingerprint density at radius 1 is 0.857 bits per heavy atom. The Morgan fingerprint density at radius 3 is 2.23 bits per heavy atom. The van der Waals surface area contributed by atoms with E-state index in [4.69, 9.17) is 4.74 Å². The molecule has 0 radical (unpaired) electrons. The molecular formula is C32H52O3. The van der Waals surface area contributed by atoms with Crippen molar-refractivity contribution in [2.45, 2.75) is 119 Å². The number of hydrogen-bond donors (Lipinski definition) is 1. The minimum Gasteiger partial charge on any atom is -0.465 e. The first-order valence-corrected chi connectivity index (χ1v) is 14.7. The number of rotatable bonds is 3. The van der Waals surface area contributed by atoms with Crippen molar-refractivity contribution in [3.05, 3.63) is 12.2 Å². The molecule has 0 saturated heterocycles. The summed E-state index contributed by atoms with van der Waals surface area (Å²) in [5.41, 5.74) is 2.45. The molecule has 5 aliphatic carbocycles. The maximum absolute atomic E-state index is 11.9. The second kappa shape index (κ2) is 8.08. The largest absolute Gasteiger partial charge is 0.465 e. The van der Waals surface area contributed by atoms with Crippen LogP contribution in [0.25, 0.3) is 0 Å². The van der Waals surface area contributed by atoms with Crippen LogP contribution < -0.4 is 0 Å². The van der Waals surface area contributed by atoms with E-state index in [0.717, 1.165) is 12.3 Å². The Kier molecular flexibility index (Phi) is 5.96. The van der Waals surface area contributed by atoms with Crippen molar-refractivity contribution in [1.82, 2.24) is 0 Å². The van der Waals surface area contributed by atoms with Crippen molar-refractivity contribution < 1.29 is 14.6 Å². The molecule has 5 aliphatic rings. The van der Waals surface area contributed by atoms with Gasteiger partial charge in [0.2, 0.25) is 0 Å². The Hall–Kier alpha value is -0.830. The third-order valence-corrected chi connectivity index (χ3v) is 13.8. The van der Waals surface area contributed by atoms with E-state index in [1.165, 1.54) is 63.4 Å². The fraction of sp³-hybridized carbons (Fsp3) is 0.906. The number of carbonyl (C=O) groups is 1. The molecule has 1 N–H and O–H groups in total. The number of allylic oxidation sites excluding steroid dienone is 1. The van der Waals surface area contributed by atoms with Gasteiger partial charge >= 0.3 is 5.97 Å². The maximum Gasteiger partial charge on any atom is 0.302 e. The van der Waals surface area contributed by atoms with Gasteiger partial charge in [0.25, 0.3) is 0 Å². The lowest BCUT2D eigenvalue weighted by Crippen LogP contribution is -2.66. The highest BCUT2D eigenvalue weighted by Gasteiger charge is 2.70. The summed E-state index contributed by atoms with van der Waals surface area (Å²) in [5.74, 6) is 3.04. The molecular weight excluding hydrogens is 432 g/mol. The summed E-state index contributed by atoms with van der Waals surface area (Å²) in [6.07, 6.45) is 12.0. The lowest BCUT2D eigenvalue weighted by Gasteiger charge is -2.73. The Labute approximate surface area is 214 Å². The van der Waals surface area contributed by atoms with E-state index in [0.29, 0.717) is 46.5 Å². The summed E-state index contributed by atoms with van der Waals surface area (Å²) < 4.78 is 5.79. The van der Waals surface area contributed by atoms with E-state index >= 15 is 0 Å². The Bertz CT molecular complexity index is 891. The number of fused-ring (bicyclic) bond motifs is 7. The van der Waals surface area contributed by atoms with E-state index in [9.17, 15) is 9.90 Å². The normalized spacial score (nSPS) is 52.5. The molecule has 0 aromatic heterocycles. The van der Waals surface area contributed by atoms with Crippen molar-refractivity contribution in [3.8, 4) is 0 Å². The third kappa shape index (κ3) is 3.34. The third-order valence-electron chi connectivity index (χ3n) is 13.8. The summed E-state index contributed by atoms with van der Waals surface area (Å²) in [6, 6.07) is 0. The van der Waals surface area contributed by atoms with Gasteiger partial charge in [-0.2, -0.15) is 0 Å². The van der Waals surface area contributed by atoms with Gasteiger partial charge in [-0.3, -0.25) is 4.79 Å². The molecule has 5 unspecified atom stereocenters. The van der Waals surface area contributed by atoms with Gasteiger partial charge < -0.3 is 9.84 Å². The van der Waals surface area contributed by atoms with E-state index in [-0.39, 0.29) is 22.9 Å². The van der Waals surface area contributed by atoms with Gasteiger partial charge in [0.15, 0.2) is 0 Å². The summed E-state index contributed by atoms with van der Waals surface area (Å²) in [4.78, 5) is 11.9. The van der Waals surface area contributed by atoms with Crippen molar-refractivity contribution in [2.75, 3.05) is 6.61 Å². The molecule has 0 aromatic rings. The number of carbonyl (C=O) groups excluding carboxylic acids is 1. The van der Waals surface area contributed by atoms with Crippen LogP contribution >= 0.6 is 0 Å². The van der Waals surface area contributed by atoms with Crippen LogP contribution in [0.2, 0.25) is 0 Å². The molecule has 198 valence electrons. The molecule has 10 atom stereocenters. The first-order valence-electron chi connectivity index (χ1n) is 14.7. The molecule has 0 bridgehead atoms. The standard InChI is InChI=1S/C32H52O3/c1-20(2)22-11-16-32(19-35-21(3)33)18-17-30(7)23(27(22)32)9-10-25-29(6)14-13-26(34)28(4,5)24(29)12-15-31(25,30)8/h22-27,34H,1,9-19H2,2-8H3/t22?,23?,24?,25?,26-,27?,29-,30+,31+,32+/m0/s1. The molecule has 5 fully saturated rings. The molecule has 0 aliphatic heterocycles. The Morgan fingerprint density at radius 2 is 1.57 bits per heavy atom. The summed E-state index contributed by atoms with van der Waals surface area (Å²) >= 11 is 0. The van der Waals surface area contributed by atoms with Crippen LogP contribution in [0.4, 0.5) is 0 Å². The SMILES string of the molecule is C=C(C)C1CC[C@]2(COC(C)=O)CC[C@]3(C)C(CCC4[C@@]5(C)CC[C@H](O)C(C)(C)C5CC[C@]43C)C12. The first-order chi connectivity index (χ1) is 16.2. The second-order valence-electron chi connectivity index (χ2n) is 15.2. The average Bonchev–Trinajstić information content (AvgIpc) is 3.16. The molecule has 5 saturated carbocycles. The minimum atomic E-state index is -0.164. The van der Waals surface area contributed by atoms with Crippen molar-refractivity contribution in [3.63, 3.8) is 0 Å². The van der Waals surface area contributed by atoms with E-state index in [1.54, 1.807) is 6.92 Å². The van der Waals surface area contributed by atoms with Gasteiger partial charge in [0.1, 0.15) is 0 Å². The number of aliphatic hydroxyl groups excluding tert-OH is 1. The van der Waals surface area contributed by atoms with Crippen LogP contribution in [0.5, 0.6) is 0 Å². The minimum absolute atomic E-state index is 0.00826. The lowest BCUT2D eigenvalue weighted by atomic mass is 9.32. The fourth-order valence-corrected chi connectivity index (χ4v) is 11.8. The van der Waals surface area contributed by atoms with Gasteiger partial charge in [-0.1, -0.05) is 46.8 Å². The molecule has 0 amide bonds. The zero-order valence-electron chi connectivity index (χ0n) is 23.7. The van der Waals surface area contributed by atoms with Gasteiger partial charge in [0.05, 0.1) is 12.7 Å². The van der Waals surface area contributed by atoms with Crippen LogP contribution in [0, 0.1) is 56.7 Å². The average molecular weight is 485 g/mol. The van der Waals surface area contributed by atoms with E-state index in [2.05, 4.69) is 48.1 Å². The topological polar surface area (TPSA) is 46.5 Å². The van der Waals surface area contributed by atoms with Crippen molar-refractivity contribution >= 4 is 5.97 Å². The van der Waals surface area contributed by atoms with Crippen LogP contribution in [0.3, 0.4) is 0 Å². The molecule has 35 heavy (non-hydrogen) atoms. The molecule has 0 aromatic carbocycles. The summed E-state index contributed by atoms with van der Waals surface area (Å²) in [5, 5.41) is 10.9. The molecule has 3 nitrogen and oxygen atoms in total.